The minimum Gasteiger partial charge on any atom is -0.293 e. The van der Waals surface area contributed by atoms with E-state index in [1.807, 2.05) is 0 Å². The summed E-state index contributed by atoms with van der Waals surface area (Å²) >= 11 is 0. The fraction of sp³-hybridized carbons (Fsp3) is 0.111. The molecular formula is C18H16FN3O3S. The Balaban J connectivity index is 1.84. The van der Waals surface area contributed by atoms with Crippen molar-refractivity contribution in [3.05, 3.63) is 77.9 Å². The van der Waals surface area contributed by atoms with Crippen molar-refractivity contribution in [1.82, 2.24) is 14.5 Å². The zero-order valence-electron chi connectivity index (χ0n) is 13.9. The number of carbonyl (C=O) groups excluding carboxylic acids is 1. The number of sulfonamides is 1. The molecule has 0 saturated carbocycles. The lowest BCUT2D eigenvalue weighted by Gasteiger charge is -2.10. The molecule has 8 heteroatoms. The van der Waals surface area contributed by atoms with Crippen LogP contribution in [0.15, 0.2) is 65.8 Å². The molecule has 0 amide bonds. The number of carbonyl (C=O) groups is 1. The summed E-state index contributed by atoms with van der Waals surface area (Å²) < 4.78 is 42.5. The van der Waals surface area contributed by atoms with Gasteiger partial charge in [0.1, 0.15) is 5.82 Å². The molecule has 1 N–H and O–H groups in total. The van der Waals surface area contributed by atoms with E-state index in [1.165, 1.54) is 29.8 Å². The van der Waals surface area contributed by atoms with Crippen LogP contribution in [0.5, 0.6) is 0 Å². The van der Waals surface area contributed by atoms with Gasteiger partial charge in [0.15, 0.2) is 5.78 Å². The number of nitrogens with zero attached hydrogens (tertiary/aromatic N) is 2. The van der Waals surface area contributed by atoms with Crippen LogP contribution in [-0.4, -0.2) is 30.5 Å². The average molecular weight is 373 g/mol. The van der Waals surface area contributed by atoms with Gasteiger partial charge in [-0.1, -0.05) is 18.2 Å². The third kappa shape index (κ3) is 3.71. The molecule has 0 aliphatic heterocycles. The molecule has 3 rings (SSSR count). The number of aromatic nitrogens is 2. The van der Waals surface area contributed by atoms with Gasteiger partial charge in [0.2, 0.25) is 10.0 Å². The van der Waals surface area contributed by atoms with Crippen LogP contribution in [0.4, 0.5) is 4.39 Å². The van der Waals surface area contributed by atoms with E-state index in [4.69, 9.17) is 0 Å². The standard InChI is InChI=1S/C18H16FN3O3S/c1-13-10-14(22-9-5-8-20-22)11-16(18(13)19)17(23)12-21-26(24,25)15-6-3-2-4-7-15/h2-11,21H,12H2,1H3. The fourth-order valence-corrected chi connectivity index (χ4v) is 3.45. The van der Waals surface area contributed by atoms with Crippen LogP contribution >= 0.6 is 0 Å². The van der Waals surface area contributed by atoms with Crippen molar-refractivity contribution < 1.29 is 17.6 Å². The molecule has 1 heterocycles. The maximum atomic E-state index is 14.4. The summed E-state index contributed by atoms with van der Waals surface area (Å²) in [6, 6.07) is 12.3. The van der Waals surface area contributed by atoms with Crippen LogP contribution in [0.2, 0.25) is 0 Å². The molecule has 0 unspecified atom stereocenters. The molecule has 0 bridgehead atoms. The van der Waals surface area contributed by atoms with E-state index in [0.29, 0.717) is 5.69 Å². The quantitative estimate of drug-likeness (QED) is 0.673. The summed E-state index contributed by atoms with van der Waals surface area (Å²) in [6.45, 7) is 0.989. The molecule has 0 radical (unpaired) electrons. The SMILES string of the molecule is Cc1cc(-n2cccn2)cc(C(=O)CNS(=O)(=O)c2ccccc2)c1F. The van der Waals surface area contributed by atoms with Gasteiger partial charge in [0, 0.05) is 12.4 Å². The van der Waals surface area contributed by atoms with E-state index in [0.717, 1.165) is 0 Å². The molecule has 0 aliphatic carbocycles. The molecule has 0 atom stereocenters. The Kier molecular flexibility index (Phi) is 4.97. The van der Waals surface area contributed by atoms with Crippen molar-refractivity contribution in [1.29, 1.82) is 0 Å². The number of hydrogen-bond donors (Lipinski definition) is 1. The lowest BCUT2D eigenvalue weighted by Crippen LogP contribution is -2.30. The number of ketones is 1. The van der Waals surface area contributed by atoms with Crippen molar-refractivity contribution in [2.24, 2.45) is 0 Å². The Hall–Kier alpha value is -2.84. The molecule has 0 saturated heterocycles. The number of benzene rings is 2. The molecule has 3 aromatic rings. The Morgan fingerprint density at radius 2 is 1.92 bits per heavy atom. The highest BCUT2D eigenvalue weighted by molar-refractivity contribution is 7.89. The maximum absolute atomic E-state index is 14.4. The van der Waals surface area contributed by atoms with Crippen LogP contribution in [0.1, 0.15) is 15.9 Å². The number of aryl methyl sites for hydroxylation is 1. The van der Waals surface area contributed by atoms with E-state index in [1.54, 1.807) is 42.7 Å². The Morgan fingerprint density at radius 1 is 1.19 bits per heavy atom. The van der Waals surface area contributed by atoms with E-state index in [2.05, 4.69) is 9.82 Å². The monoisotopic (exact) mass is 373 g/mol. The fourth-order valence-electron chi connectivity index (χ4n) is 2.45. The second-order valence-electron chi connectivity index (χ2n) is 5.64. The van der Waals surface area contributed by atoms with Gasteiger partial charge in [-0.15, -0.1) is 0 Å². The molecular weight excluding hydrogens is 357 g/mol. The smallest absolute Gasteiger partial charge is 0.240 e. The summed E-state index contributed by atoms with van der Waals surface area (Å²) in [5.74, 6) is -1.34. The highest BCUT2D eigenvalue weighted by atomic mass is 32.2. The number of Topliss-reactive ketones (excluding diaryl/α,β-unsaturated/α-hetero) is 1. The predicted octanol–water partition coefficient (Wildman–Crippen LogP) is 2.48. The van der Waals surface area contributed by atoms with Gasteiger partial charge in [-0.05, 0) is 42.8 Å². The van der Waals surface area contributed by atoms with Crippen LogP contribution in [0, 0.1) is 12.7 Å². The Morgan fingerprint density at radius 3 is 2.58 bits per heavy atom. The minimum atomic E-state index is -3.85. The molecule has 2 aromatic carbocycles. The summed E-state index contributed by atoms with van der Waals surface area (Å²) in [5, 5.41) is 4.05. The summed E-state index contributed by atoms with van der Waals surface area (Å²) in [5.41, 5.74) is 0.599. The van der Waals surface area contributed by atoms with Gasteiger partial charge in [0.25, 0.3) is 0 Å². The van der Waals surface area contributed by atoms with Crippen LogP contribution in [0.25, 0.3) is 5.69 Å². The first-order valence-electron chi connectivity index (χ1n) is 7.76. The van der Waals surface area contributed by atoms with Gasteiger partial charge in [-0.25, -0.2) is 22.2 Å². The Bertz CT molecular complexity index is 1030. The van der Waals surface area contributed by atoms with E-state index < -0.39 is 28.2 Å². The van der Waals surface area contributed by atoms with E-state index in [-0.39, 0.29) is 16.0 Å². The third-order valence-corrected chi connectivity index (χ3v) is 5.20. The van der Waals surface area contributed by atoms with Crippen molar-refractivity contribution in [2.45, 2.75) is 11.8 Å². The molecule has 0 aliphatic rings. The van der Waals surface area contributed by atoms with Gasteiger partial charge in [-0.3, -0.25) is 4.79 Å². The highest BCUT2D eigenvalue weighted by Gasteiger charge is 2.20. The average Bonchev–Trinajstić information content (AvgIpc) is 3.17. The molecule has 134 valence electrons. The predicted molar refractivity (Wildman–Crippen MR) is 94.2 cm³/mol. The van der Waals surface area contributed by atoms with Crippen molar-refractivity contribution >= 4 is 15.8 Å². The molecule has 6 nitrogen and oxygen atoms in total. The lowest BCUT2D eigenvalue weighted by atomic mass is 10.1. The highest BCUT2D eigenvalue weighted by Crippen LogP contribution is 2.19. The second kappa shape index (κ2) is 7.19. The largest absolute Gasteiger partial charge is 0.293 e. The second-order valence-corrected chi connectivity index (χ2v) is 7.40. The molecule has 0 spiro atoms. The van der Waals surface area contributed by atoms with Crippen LogP contribution in [0.3, 0.4) is 0 Å². The Labute approximate surface area is 150 Å². The summed E-state index contributed by atoms with van der Waals surface area (Å²) in [7, 11) is -3.85. The number of rotatable bonds is 6. The molecule has 1 aromatic heterocycles. The number of halogens is 1. The van der Waals surface area contributed by atoms with Crippen LogP contribution in [-0.2, 0) is 10.0 Å². The van der Waals surface area contributed by atoms with Gasteiger partial charge < -0.3 is 0 Å². The molecule has 0 fully saturated rings. The zero-order valence-corrected chi connectivity index (χ0v) is 14.7. The maximum Gasteiger partial charge on any atom is 0.240 e. The summed E-state index contributed by atoms with van der Waals surface area (Å²) in [4.78, 5) is 12.5. The van der Waals surface area contributed by atoms with E-state index in [9.17, 15) is 17.6 Å². The lowest BCUT2D eigenvalue weighted by molar-refractivity contribution is 0.0993. The number of hydrogen-bond acceptors (Lipinski definition) is 4. The first kappa shape index (κ1) is 18.0. The van der Waals surface area contributed by atoms with Crippen molar-refractivity contribution in [3.63, 3.8) is 0 Å². The van der Waals surface area contributed by atoms with Crippen molar-refractivity contribution in [3.8, 4) is 5.69 Å². The van der Waals surface area contributed by atoms with Gasteiger partial charge in [0.05, 0.1) is 22.7 Å². The van der Waals surface area contributed by atoms with Crippen LogP contribution < -0.4 is 4.72 Å². The number of nitrogens with one attached hydrogen (secondary N) is 1. The molecule has 26 heavy (non-hydrogen) atoms. The van der Waals surface area contributed by atoms with Gasteiger partial charge in [-0.2, -0.15) is 5.10 Å². The topological polar surface area (TPSA) is 81.1 Å². The first-order valence-corrected chi connectivity index (χ1v) is 9.25. The van der Waals surface area contributed by atoms with Crippen molar-refractivity contribution in [2.75, 3.05) is 6.54 Å². The summed E-state index contributed by atoms with van der Waals surface area (Å²) in [6.07, 6.45) is 3.23. The first-order chi connectivity index (χ1) is 12.4. The normalized spacial score (nSPS) is 11.5. The van der Waals surface area contributed by atoms with E-state index >= 15 is 0 Å². The minimum absolute atomic E-state index is 0.0368. The third-order valence-electron chi connectivity index (χ3n) is 3.78. The van der Waals surface area contributed by atoms with Gasteiger partial charge >= 0.3 is 0 Å². The zero-order chi connectivity index (χ0) is 18.7.